The maximum Gasteiger partial charge on any atom is 0.339 e. The largest absolute Gasteiger partial charge is 0.462 e. The summed E-state index contributed by atoms with van der Waals surface area (Å²) in [5, 5.41) is 3.17. The molecule has 0 aliphatic carbocycles. The summed E-state index contributed by atoms with van der Waals surface area (Å²) in [4.78, 5) is 15.7. The molecule has 1 N–H and O–H groups in total. The lowest BCUT2D eigenvalue weighted by Crippen LogP contribution is -2.05. The summed E-state index contributed by atoms with van der Waals surface area (Å²) >= 11 is 6.88. The van der Waals surface area contributed by atoms with Crippen molar-refractivity contribution >= 4 is 49.3 Å². The average Bonchev–Trinajstić information content (AvgIpc) is 2.44. The van der Waals surface area contributed by atoms with Gasteiger partial charge in [-0.25, -0.2) is 9.78 Å². The molecule has 2 rings (SSSR count). The molecule has 0 atom stereocenters. The van der Waals surface area contributed by atoms with Gasteiger partial charge in [0.25, 0.3) is 0 Å². The Labute approximate surface area is 133 Å². The lowest BCUT2D eigenvalue weighted by atomic mass is 10.3. The van der Waals surface area contributed by atoms with Crippen LogP contribution in [-0.2, 0) is 4.74 Å². The lowest BCUT2D eigenvalue weighted by Gasteiger charge is -2.09. The predicted octanol–water partition coefficient (Wildman–Crippen LogP) is 4.53. The van der Waals surface area contributed by atoms with Crippen LogP contribution in [0.3, 0.4) is 0 Å². The number of nitrogens with one attached hydrogen (secondary N) is 1. The van der Waals surface area contributed by atoms with Crippen LogP contribution in [-0.4, -0.2) is 17.6 Å². The van der Waals surface area contributed by atoms with E-state index in [4.69, 9.17) is 4.74 Å². The standard InChI is InChI=1S/C14H12Br2N2O2/c1-2-20-14(19)9-3-6-13(17-8-9)18-12-7-10(15)4-5-11(12)16/h3-8H,2H2,1H3,(H,17,18). The fourth-order valence-electron chi connectivity index (χ4n) is 1.53. The summed E-state index contributed by atoms with van der Waals surface area (Å²) in [7, 11) is 0. The van der Waals surface area contributed by atoms with E-state index in [1.54, 1.807) is 19.1 Å². The van der Waals surface area contributed by atoms with E-state index in [9.17, 15) is 4.79 Å². The molecule has 0 bridgehead atoms. The van der Waals surface area contributed by atoms with E-state index in [1.165, 1.54) is 6.20 Å². The number of hydrogen-bond acceptors (Lipinski definition) is 4. The Morgan fingerprint density at radius 2 is 2.10 bits per heavy atom. The third kappa shape index (κ3) is 3.80. The molecule has 0 unspecified atom stereocenters. The van der Waals surface area contributed by atoms with Crippen molar-refractivity contribution in [3.8, 4) is 0 Å². The zero-order chi connectivity index (χ0) is 14.5. The summed E-state index contributed by atoms with van der Waals surface area (Å²) in [6.07, 6.45) is 1.49. The SMILES string of the molecule is CCOC(=O)c1ccc(Nc2cc(Br)ccc2Br)nc1. The predicted molar refractivity (Wildman–Crippen MR) is 85.3 cm³/mol. The van der Waals surface area contributed by atoms with Crippen LogP contribution in [0.5, 0.6) is 0 Å². The first-order valence-corrected chi connectivity index (χ1v) is 7.54. The first-order chi connectivity index (χ1) is 9.60. The molecule has 0 saturated carbocycles. The maximum atomic E-state index is 11.5. The highest BCUT2D eigenvalue weighted by atomic mass is 79.9. The van der Waals surface area contributed by atoms with Gasteiger partial charge >= 0.3 is 5.97 Å². The second kappa shape index (κ2) is 6.85. The Kier molecular flexibility index (Phi) is 5.14. The van der Waals surface area contributed by atoms with Crippen LogP contribution in [0.25, 0.3) is 0 Å². The van der Waals surface area contributed by atoms with Crippen LogP contribution in [0.15, 0.2) is 45.5 Å². The van der Waals surface area contributed by atoms with Crippen molar-refractivity contribution in [2.75, 3.05) is 11.9 Å². The molecule has 2 aromatic rings. The number of anilines is 2. The lowest BCUT2D eigenvalue weighted by molar-refractivity contribution is 0.0526. The van der Waals surface area contributed by atoms with Gasteiger partial charge in [0.2, 0.25) is 0 Å². The molecule has 0 aliphatic rings. The number of aromatic nitrogens is 1. The van der Waals surface area contributed by atoms with Crippen molar-refractivity contribution < 1.29 is 9.53 Å². The molecular weight excluding hydrogens is 388 g/mol. The van der Waals surface area contributed by atoms with Gasteiger partial charge in [0, 0.05) is 15.1 Å². The van der Waals surface area contributed by atoms with Gasteiger partial charge in [-0.2, -0.15) is 0 Å². The molecule has 1 heterocycles. The van der Waals surface area contributed by atoms with Crippen molar-refractivity contribution in [1.82, 2.24) is 4.98 Å². The summed E-state index contributed by atoms with van der Waals surface area (Å²) in [5.41, 5.74) is 1.32. The molecule has 1 aromatic heterocycles. The topological polar surface area (TPSA) is 51.2 Å². The summed E-state index contributed by atoms with van der Waals surface area (Å²) in [5.74, 6) is 0.284. The number of carbonyl (C=O) groups is 1. The maximum absolute atomic E-state index is 11.5. The van der Waals surface area contributed by atoms with E-state index in [0.717, 1.165) is 14.6 Å². The normalized spacial score (nSPS) is 10.2. The molecule has 0 saturated heterocycles. The van der Waals surface area contributed by atoms with Crippen LogP contribution >= 0.6 is 31.9 Å². The molecular formula is C14H12Br2N2O2. The minimum Gasteiger partial charge on any atom is -0.462 e. The molecule has 0 amide bonds. The number of benzene rings is 1. The fraction of sp³-hybridized carbons (Fsp3) is 0.143. The number of pyridine rings is 1. The van der Waals surface area contributed by atoms with E-state index in [0.29, 0.717) is 18.0 Å². The molecule has 0 radical (unpaired) electrons. The Bertz CT molecular complexity index is 615. The van der Waals surface area contributed by atoms with Crippen molar-refractivity contribution in [1.29, 1.82) is 0 Å². The second-order valence-electron chi connectivity index (χ2n) is 3.90. The molecule has 0 fully saturated rings. The Hall–Kier alpha value is -1.40. The third-order valence-electron chi connectivity index (χ3n) is 2.47. The number of ether oxygens (including phenoxy) is 1. The number of rotatable bonds is 4. The van der Waals surface area contributed by atoms with Crippen molar-refractivity contribution in [3.05, 3.63) is 51.0 Å². The minimum atomic E-state index is -0.366. The molecule has 1 aromatic carbocycles. The highest BCUT2D eigenvalue weighted by Crippen LogP contribution is 2.28. The monoisotopic (exact) mass is 398 g/mol. The fourth-order valence-corrected chi connectivity index (χ4v) is 2.24. The molecule has 6 heteroatoms. The van der Waals surface area contributed by atoms with E-state index < -0.39 is 0 Å². The summed E-state index contributed by atoms with van der Waals surface area (Å²) in [6, 6.07) is 9.22. The van der Waals surface area contributed by atoms with E-state index in [2.05, 4.69) is 42.2 Å². The Morgan fingerprint density at radius 1 is 1.30 bits per heavy atom. The van der Waals surface area contributed by atoms with E-state index in [-0.39, 0.29) is 5.97 Å². The van der Waals surface area contributed by atoms with Crippen LogP contribution < -0.4 is 5.32 Å². The molecule has 104 valence electrons. The van der Waals surface area contributed by atoms with Crippen LogP contribution in [0, 0.1) is 0 Å². The van der Waals surface area contributed by atoms with Gasteiger partial charge in [-0.3, -0.25) is 0 Å². The molecule has 0 spiro atoms. The number of carbonyl (C=O) groups excluding carboxylic acids is 1. The number of nitrogens with zero attached hydrogens (tertiary/aromatic N) is 1. The van der Waals surface area contributed by atoms with Gasteiger partial charge in [0.05, 0.1) is 17.9 Å². The van der Waals surface area contributed by atoms with Crippen LogP contribution in [0.2, 0.25) is 0 Å². The van der Waals surface area contributed by atoms with Gasteiger partial charge < -0.3 is 10.1 Å². The zero-order valence-electron chi connectivity index (χ0n) is 10.7. The van der Waals surface area contributed by atoms with Gasteiger partial charge in [-0.15, -0.1) is 0 Å². The highest BCUT2D eigenvalue weighted by Gasteiger charge is 2.07. The smallest absolute Gasteiger partial charge is 0.339 e. The van der Waals surface area contributed by atoms with Gasteiger partial charge in [-0.05, 0) is 53.2 Å². The molecule has 4 nitrogen and oxygen atoms in total. The number of esters is 1. The third-order valence-corrected chi connectivity index (χ3v) is 3.65. The summed E-state index contributed by atoms with van der Waals surface area (Å²) in [6.45, 7) is 2.12. The molecule has 0 aliphatic heterocycles. The first-order valence-electron chi connectivity index (χ1n) is 5.95. The van der Waals surface area contributed by atoms with Gasteiger partial charge in [0.15, 0.2) is 0 Å². The van der Waals surface area contributed by atoms with Crippen LogP contribution in [0.1, 0.15) is 17.3 Å². The van der Waals surface area contributed by atoms with Crippen molar-refractivity contribution in [2.24, 2.45) is 0 Å². The van der Waals surface area contributed by atoms with Gasteiger partial charge in [-0.1, -0.05) is 15.9 Å². The van der Waals surface area contributed by atoms with Crippen molar-refractivity contribution in [3.63, 3.8) is 0 Å². The number of hydrogen-bond donors (Lipinski definition) is 1. The quantitative estimate of drug-likeness (QED) is 0.767. The van der Waals surface area contributed by atoms with E-state index >= 15 is 0 Å². The molecule has 20 heavy (non-hydrogen) atoms. The zero-order valence-corrected chi connectivity index (χ0v) is 13.9. The van der Waals surface area contributed by atoms with E-state index in [1.807, 2.05) is 18.2 Å². The Morgan fingerprint density at radius 3 is 2.75 bits per heavy atom. The van der Waals surface area contributed by atoms with Crippen LogP contribution in [0.4, 0.5) is 11.5 Å². The van der Waals surface area contributed by atoms with Crippen molar-refractivity contribution in [2.45, 2.75) is 6.92 Å². The average molecular weight is 400 g/mol. The van der Waals surface area contributed by atoms with Gasteiger partial charge in [0.1, 0.15) is 5.82 Å². The minimum absolute atomic E-state index is 0.351. The second-order valence-corrected chi connectivity index (χ2v) is 5.67. The number of halogens is 2. The highest BCUT2D eigenvalue weighted by molar-refractivity contribution is 9.11. The Balaban J connectivity index is 2.14. The summed E-state index contributed by atoms with van der Waals surface area (Å²) < 4.78 is 6.80. The first kappa shape index (κ1) is 15.0.